The standard InChI is InChI=1S/C21H26N4O3/c26-19-6-5-15(11-18(19)23-20(27)12-17-7-9-22-24-17)21(28)25-10-8-14-3-1-2-4-16(14)13-25/h1-4,7,9,15,18-19,26H,5-6,8,10-13H2,(H,22,24)(H,23,27)/t15-,18+,19+/m0/s1. The quantitative estimate of drug-likeness (QED) is 0.740. The molecule has 0 spiro atoms. The summed E-state index contributed by atoms with van der Waals surface area (Å²) in [6.45, 7) is 1.37. The van der Waals surface area contributed by atoms with E-state index in [1.54, 1.807) is 12.3 Å². The maximum Gasteiger partial charge on any atom is 0.226 e. The summed E-state index contributed by atoms with van der Waals surface area (Å²) in [7, 11) is 0. The Labute approximate surface area is 164 Å². The molecule has 0 unspecified atom stereocenters. The van der Waals surface area contributed by atoms with Crippen LogP contribution < -0.4 is 5.32 Å². The van der Waals surface area contributed by atoms with Gasteiger partial charge >= 0.3 is 0 Å². The molecule has 2 aromatic rings. The molecular weight excluding hydrogens is 356 g/mol. The predicted molar refractivity (Wildman–Crippen MR) is 103 cm³/mol. The first-order valence-electron chi connectivity index (χ1n) is 9.91. The molecule has 0 saturated heterocycles. The second-order valence-electron chi connectivity index (χ2n) is 7.79. The van der Waals surface area contributed by atoms with Crippen molar-refractivity contribution in [3.05, 3.63) is 53.3 Å². The number of carbonyl (C=O) groups is 2. The average Bonchev–Trinajstić information content (AvgIpc) is 3.21. The molecular formula is C21H26N4O3. The first-order valence-corrected chi connectivity index (χ1v) is 9.91. The molecule has 2 amide bonds. The van der Waals surface area contributed by atoms with Gasteiger partial charge in [0, 0.05) is 30.9 Å². The van der Waals surface area contributed by atoms with E-state index in [9.17, 15) is 14.7 Å². The highest BCUT2D eigenvalue weighted by Crippen LogP contribution is 2.29. The Morgan fingerprint density at radius 1 is 1.21 bits per heavy atom. The molecule has 1 aromatic heterocycles. The van der Waals surface area contributed by atoms with Crippen LogP contribution in [0.15, 0.2) is 36.5 Å². The van der Waals surface area contributed by atoms with Crippen molar-refractivity contribution >= 4 is 11.8 Å². The number of H-pyrrole nitrogens is 1. The number of carbonyl (C=O) groups excluding carboxylic acids is 2. The molecule has 1 fully saturated rings. The van der Waals surface area contributed by atoms with Gasteiger partial charge in [-0.25, -0.2) is 0 Å². The number of nitrogens with zero attached hydrogens (tertiary/aromatic N) is 2. The van der Waals surface area contributed by atoms with Gasteiger partial charge in [0.25, 0.3) is 0 Å². The van der Waals surface area contributed by atoms with Gasteiger partial charge in [0.05, 0.1) is 18.6 Å². The van der Waals surface area contributed by atoms with E-state index in [0.29, 0.717) is 25.8 Å². The zero-order chi connectivity index (χ0) is 19.5. The van der Waals surface area contributed by atoms with Crippen molar-refractivity contribution in [1.29, 1.82) is 0 Å². The minimum Gasteiger partial charge on any atom is -0.391 e. The van der Waals surface area contributed by atoms with E-state index >= 15 is 0 Å². The van der Waals surface area contributed by atoms with E-state index in [-0.39, 0.29) is 24.2 Å². The smallest absolute Gasteiger partial charge is 0.226 e. The Morgan fingerprint density at radius 3 is 2.82 bits per heavy atom. The Morgan fingerprint density at radius 2 is 2.04 bits per heavy atom. The van der Waals surface area contributed by atoms with Gasteiger partial charge in [-0.05, 0) is 42.9 Å². The highest BCUT2D eigenvalue weighted by atomic mass is 16.3. The lowest BCUT2D eigenvalue weighted by molar-refractivity contribution is -0.139. The second kappa shape index (κ2) is 8.14. The molecule has 1 aromatic carbocycles. The zero-order valence-electron chi connectivity index (χ0n) is 15.8. The Hall–Kier alpha value is -2.67. The molecule has 1 aliphatic carbocycles. The molecule has 28 heavy (non-hydrogen) atoms. The molecule has 3 N–H and O–H groups in total. The topological polar surface area (TPSA) is 98.3 Å². The van der Waals surface area contributed by atoms with Crippen LogP contribution in [0.3, 0.4) is 0 Å². The fraction of sp³-hybridized carbons (Fsp3) is 0.476. The summed E-state index contributed by atoms with van der Waals surface area (Å²) in [6.07, 6.45) is 3.71. The number of hydrogen-bond donors (Lipinski definition) is 3. The zero-order valence-corrected chi connectivity index (χ0v) is 15.8. The minimum atomic E-state index is -0.614. The SMILES string of the molecule is O=C(Cc1ccn[nH]1)N[C@@H]1C[C@@H](C(=O)N2CCc3ccccc3C2)CC[C@H]1O. The predicted octanol–water partition coefficient (Wildman–Crippen LogP) is 1.18. The first kappa shape index (κ1) is 18.7. The summed E-state index contributed by atoms with van der Waals surface area (Å²) < 4.78 is 0. The van der Waals surface area contributed by atoms with Gasteiger partial charge in [-0.3, -0.25) is 14.7 Å². The van der Waals surface area contributed by atoms with E-state index in [1.807, 2.05) is 17.0 Å². The number of nitrogens with one attached hydrogen (secondary N) is 2. The number of benzene rings is 1. The molecule has 0 radical (unpaired) electrons. The molecule has 0 bridgehead atoms. The number of hydrogen-bond acceptors (Lipinski definition) is 4. The van der Waals surface area contributed by atoms with Crippen molar-refractivity contribution in [3.63, 3.8) is 0 Å². The lowest BCUT2D eigenvalue weighted by atomic mass is 9.82. The van der Waals surface area contributed by atoms with Gasteiger partial charge in [0.1, 0.15) is 0 Å². The maximum atomic E-state index is 13.1. The Kier molecular flexibility index (Phi) is 5.43. The maximum absolute atomic E-state index is 13.1. The summed E-state index contributed by atoms with van der Waals surface area (Å²) >= 11 is 0. The van der Waals surface area contributed by atoms with Crippen LogP contribution >= 0.6 is 0 Å². The molecule has 148 valence electrons. The number of aliphatic hydroxyl groups excluding tert-OH is 1. The molecule has 7 nitrogen and oxygen atoms in total. The lowest BCUT2D eigenvalue weighted by Crippen LogP contribution is -2.50. The van der Waals surface area contributed by atoms with Crippen LogP contribution in [0.2, 0.25) is 0 Å². The molecule has 1 saturated carbocycles. The molecule has 2 aliphatic rings. The van der Waals surface area contributed by atoms with E-state index in [1.165, 1.54) is 11.1 Å². The molecule has 4 rings (SSSR count). The van der Waals surface area contributed by atoms with Crippen LogP contribution in [0.1, 0.15) is 36.1 Å². The fourth-order valence-corrected chi connectivity index (χ4v) is 4.29. The van der Waals surface area contributed by atoms with Gasteiger partial charge < -0.3 is 15.3 Å². The van der Waals surface area contributed by atoms with Gasteiger partial charge in [-0.2, -0.15) is 5.10 Å². The molecule has 1 aliphatic heterocycles. The van der Waals surface area contributed by atoms with E-state index in [2.05, 4.69) is 27.6 Å². The fourth-order valence-electron chi connectivity index (χ4n) is 4.29. The average molecular weight is 382 g/mol. The summed E-state index contributed by atoms with van der Waals surface area (Å²) in [5, 5.41) is 19.8. The van der Waals surface area contributed by atoms with Crippen LogP contribution in [-0.2, 0) is 29.0 Å². The number of amides is 2. The second-order valence-corrected chi connectivity index (χ2v) is 7.79. The lowest BCUT2D eigenvalue weighted by Gasteiger charge is -2.37. The molecule has 7 heteroatoms. The molecule has 2 heterocycles. The van der Waals surface area contributed by atoms with Gasteiger partial charge in [-0.15, -0.1) is 0 Å². The van der Waals surface area contributed by atoms with Gasteiger partial charge in [-0.1, -0.05) is 24.3 Å². The number of aromatic amines is 1. The monoisotopic (exact) mass is 382 g/mol. The van der Waals surface area contributed by atoms with Crippen LogP contribution in [-0.4, -0.2) is 50.7 Å². The third-order valence-corrected chi connectivity index (χ3v) is 5.86. The van der Waals surface area contributed by atoms with Crippen LogP contribution in [0.4, 0.5) is 0 Å². The number of aromatic nitrogens is 2. The largest absolute Gasteiger partial charge is 0.391 e. The summed E-state index contributed by atoms with van der Waals surface area (Å²) in [5.74, 6) is -0.200. The van der Waals surface area contributed by atoms with Crippen molar-refractivity contribution in [3.8, 4) is 0 Å². The normalized spacial score (nSPS) is 24.5. The van der Waals surface area contributed by atoms with E-state index < -0.39 is 12.1 Å². The minimum absolute atomic E-state index is 0.134. The highest BCUT2D eigenvalue weighted by molar-refractivity contribution is 5.80. The van der Waals surface area contributed by atoms with E-state index in [4.69, 9.17) is 0 Å². The Balaban J connectivity index is 1.36. The Bertz CT molecular complexity index is 836. The van der Waals surface area contributed by atoms with Gasteiger partial charge in [0.2, 0.25) is 11.8 Å². The van der Waals surface area contributed by atoms with Crippen molar-refractivity contribution < 1.29 is 14.7 Å². The summed E-state index contributed by atoms with van der Waals surface area (Å²) in [6, 6.07) is 9.61. The third-order valence-electron chi connectivity index (χ3n) is 5.86. The van der Waals surface area contributed by atoms with Crippen molar-refractivity contribution in [2.45, 2.75) is 50.8 Å². The van der Waals surface area contributed by atoms with Crippen LogP contribution in [0, 0.1) is 5.92 Å². The summed E-state index contributed by atoms with van der Waals surface area (Å²) in [4.78, 5) is 27.3. The van der Waals surface area contributed by atoms with Crippen molar-refractivity contribution in [2.75, 3.05) is 6.54 Å². The van der Waals surface area contributed by atoms with Crippen molar-refractivity contribution in [1.82, 2.24) is 20.4 Å². The number of aliphatic hydroxyl groups is 1. The van der Waals surface area contributed by atoms with Crippen molar-refractivity contribution in [2.24, 2.45) is 5.92 Å². The summed E-state index contributed by atoms with van der Waals surface area (Å²) in [5.41, 5.74) is 3.25. The highest BCUT2D eigenvalue weighted by Gasteiger charge is 2.36. The first-order chi connectivity index (χ1) is 13.6. The third kappa shape index (κ3) is 4.09. The van der Waals surface area contributed by atoms with Gasteiger partial charge in [0.15, 0.2) is 0 Å². The molecule has 3 atom stereocenters. The van der Waals surface area contributed by atoms with Crippen LogP contribution in [0.25, 0.3) is 0 Å². The number of rotatable bonds is 4. The van der Waals surface area contributed by atoms with Crippen LogP contribution in [0.5, 0.6) is 0 Å². The number of fused-ring (bicyclic) bond motifs is 1. The van der Waals surface area contributed by atoms with E-state index in [0.717, 1.165) is 18.7 Å².